The second-order valence-electron chi connectivity index (χ2n) is 5.81. The Morgan fingerprint density at radius 1 is 1.26 bits per heavy atom. The van der Waals surface area contributed by atoms with Crippen molar-refractivity contribution >= 4 is 29.1 Å². The predicted octanol–water partition coefficient (Wildman–Crippen LogP) is 4.06. The van der Waals surface area contributed by atoms with Crippen molar-refractivity contribution in [1.82, 2.24) is 10.3 Å². The van der Waals surface area contributed by atoms with Gasteiger partial charge < -0.3 is 15.4 Å². The molecule has 2 amide bonds. The minimum absolute atomic E-state index is 0.0186. The summed E-state index contributed by atoms with van der Waals surface area (Å²) in [5.74, 6) is -0.0186. The van der Waals surface area contributed by atoms with E-state index >= 15 is 0 Å². The first kappa shape index (κ1) is 19.4. The van der Waals surface area contributed by atoms with E-state index in [-0.39, 0.29) is 11.9 Å². The average Bonchev–Trinajstić information content (AvgIpc) is 2.64. The number of urea groups is 1. The number of pyridine rings is 1. The summed E-state index contributed by atoms with van der Waals surface area (Å²) in [6, 6.07) is 6.35. The van der Waals surface area contributed by atoms with Crippen LogP contribution in [-0.4, -0.2) is 30.7 Å². The molecule has 144 valence electrons. The maximum atomic E-state index is 12.5. The molecule has 1 aromatic carbocycles. The molecule has 1 aliphatic rings. The number of amides is 2. The normalized spacial score (nSPS) is 17.4. The summed E-state index contributed by atoms with van der Waals surface area (Å²) < 4.78 is 43.2. The fourth-order valence-electron chi connectivity index (χ4n) is 2.52. The number of nitrogens with one attached hydrogen (secondary N) is 3. The molecule has 0 unspecified atom stereocenters. The number of halogens is 4. The van der Waals surface area contributed by atoms with Crippen molar-refractivity contribution in [1.29, 1.82) is 0 Å². The van der Waals surface area contributed by atoms with Gasteiger partial charge in [0, 0.05) is 19.3 Å². The van der Waals surface area contributed by atoms with Gasteiger partial charge in [-0.05, 0) is 29.8 Å². The van der Waals surface area contributed by atoms with Crippen molar-refractivity contribution in [2.24, 2.45) is 0 Å². The number of nitrogens with zero attached hydrogens (tertiary/aromatic N) is 1. The van der Waals surface area contributed by atoms with Gasteiger partial charge in [0.05, 0.1) is 29.0 Å². The summed E-state index contributed by atoms with van der Waals surface area (Å²) >= 11 is 6.21. The first-order valence-corrected chi connectivity index (χ1v) is 8.44. The quantitative estimate of drug-likeness (QED) is 0.726. The summed E-state index contributed by atoms with van der Waals surface area (Å²) in [5, 5.41) is 8.42. The lowest BCUT2D eigenvalue weighted by molar-refractivity contribution is -0.137. The molecule has 0 saturated carbocycles. The van der Waals surface area contributed by atoms with Crippen LogP contribution >= 0.6 is 11.6 Å². The standard InChI is InChI=1S/C17H16ClF3N4O2/c18-12-7-10(14-9-22-5-6-27-14)1-3-13(12)24-16(26)25-15-4-2-11(8-23-15)17(19,20)21/h1-4,7-8,14,22H,5-6,9H2,(H2,23,24,25,26)/t14-/m0/s1. The van der Waals surface area contributed by atoms with Crippen LogP contribution in [0.15, 0.2) is 36.5 Å². The molecule has 27 heavy (non-hydrogen) atoms. The third-order valence-electron chi connectivity index (χ3n) is 3.87. The molecule has 1 atom stereocenters. The number of carbonyl (C=O) groups is 1. The van der Waals surface area contributed by atoms with Gasteiger partial charge in [-0.15, -0.1) is 0 Å². The number of morpholine rings is 1. The molecular weight excluding hydrogens is 385 g/mol. The maximum absolute atomic E-state index is 12.5. The van der Waals surface area contributed by atoms with E-state index in [1.54, 1.807) is 18.2 Å². The Morgan fingerprint density at radius 2 is 2.07 bits per heavy atom. The molecule has 1 aromatic heterocycles. The number of benzene rings is 1. The van der Waals surface area contributed by atoms with Crippen molar-refractivity contribution in [3.8, 4) is 0 Å². The zero-order valence-electron chi connectivity index (χ0n) is 13.9. The Kier molecular flexibility index (Phi) is 5.83. The van der Waals surface area contributed by atoms with E-state index < -0.39 is 17.8 Å². The first-order valence-electron chi connectivity index (χ1n) is 8.06. The van der Waals surface area contributed by atoms with Gasteiger partial charge in [-0.1, -0.05) is 17.7 Å². The molecule has 1 aliphatic heterocycles. The molecule has 3 N–H and O–H groups in total. The lowest BCUT2D eigenvalue weighted by Crippen LogP contribution is -2.33. The Hall–Kier alpha value is -2.36. The minimum atomic E-state index is -4.49. The highest BCUT2D eigenvalue weighted by Crippen LogP contribution is 2.29. The zero-order valence-corrected chi connectivity index (χ0v) is 14.7. The van der Waals surface area contributed by atoms with Crippen LogP contribution in [0.4, 0.5) is 29.5 Å². The van der Waals surface area contributed by atoms with E-state index in [0.717, 1.165) is 24.2 Å². The van der Waals surface area contributed by atoms with Crippen molar-refractivity contribution in [2.75, 3.05) is 30.3 Å². The van der Waals surface area contributed by atoms with E-state index in [1.165, 1.54) is 0 Å². The van der Waals surface area contributed by atoms with Gasteiger partial charge in [0.2, 0.25) is 0 Å². The molecule has 0 radical (unpaired) electrons. The monoisotopic (exact) mass is 400 g/mol. The molecule has 0 spiro atoms. The molecule has 1 fully saturated rings. The number of carbonyl (C=O) groups excluding carboxylic acids is 1. The Bertz CT molecular complexity index is 809. The van der Waals surface area contributed by atoms with Crippen molar-refractivity contribution < 1.29 is 22.7 Å². The van der Waals surface area contributed by atoms with Crippen molar-refractivity contribution in [2.45, 2.75) is 12.3 Å². The Balaban J connectivity index is 1.62. The lowest BCUT2D eigenvalue weighted by atomic mass is 10.1. The van der Waals surface area contributed by atoms with E-state index in [1.807, 2.05) is 0 Å². The summed E-state index contributed by atoms with van der Waals surface area (Å²) in [6.45, 7) is 2.07. The van der Waals surface area contributed by atoms with Crippen LogP contribution in [0.5, 0.6) is 0 Å². The third kappa shape index (κ3) is 5.09. The average molecular weight is 401 g/mol. The van der Waals surface area contributed by atoms with Crippen molar-refractivity contribution in [3.05, 3.63) is 52.7 Å². The summed E-state index contributed by atoms with van der Waals surface area (Å²) in [5.41, 5.74) is 0.336. The van der Waals surface area contributed by atoms with Crippen LogP contribution in [-0.2, 0) is 10.9 Å². The largest absolute Gasteiger partial charge is 0.417 e. The molecule has 2 heterocycles. The van der Waals surface area contributed by atoms with E-state index in [2.05, 4.69) is 20.9 Å². The summed E-state index contributed by atoms with van der Waals surface area (Å²) in [7, 11) is 0. The molecule has 3 rings (SSSR count). The SMILES string of the molecule is O=C(Nc1ccc(C(F)(F)F)cn1)Nc1ccc([C@@H]2CNCCO2)cc1Cl. The molecule has 0 bridgehead atoms. The highest BCUT2D eigenvalue weighted by Gasteiger charge is 2.30. The van der Waals surface area contributed by atoms with Crippen LogP contribution in [0, 0.1) is 0 Å². The Morgan fingerprint density at radius 3 is 2.67 bits per heavy atom. The number of alkyl halides is 3. The maximum Gasteiger partial charge on any atom is 0.417 e. The van der Waals surface area contributed by atoms with Crippen LogP contribution < -0.4 is 16.0 Å². The zero-order chi connectivity index (χ0) is 19.4. The van der Waals surface area contributed by atoms with Crippen LogP contribution in [0.1, 0.15) is 17.2 Å². The van der Waals surface area contributed by atoms with Crippen molar-refractivity contribution in [3.63, 3.8) is 0 Å². The van der Waals surface area contributed by atoms with Gasteiger partial charge in [-0.3, -0.25) is 5.32 Å². The number of rotatable bonds is 3. The minimum Gasteiger partial charge on any atom is -0.371 e. The topological polar surface area (TPSA) is 75.3 Å². The van der Waals surface area contributed by atoms with Gasteiger partial charge in [0.25, 0.3) is 0 Å². The predicted molar refractivity (Wildman–Crippen MR) is 94.9 cm³/mol. The van der Waals surface area contributed by atoms with E-state index in [0.29, 0.717) is 30.1 Å². The number of ether oxygens (including phenoxy) is 1. The fourth-order valence-corrected chi connectivity index (χ4v) is 2.75. The fraction of sp³-hybridized carbons (Fsp3) is 0.294. The van der Waals surface area contributed by atoms with Crippen LogP contribution in [0.3, 0.4) is 0 Å². The van der Waals surface area contributed by atoms with Gasteiger partial charge >= 0.3 is 12.2 Å². The summed E-state index contributed by atoms with van der Waals surface area (Å²) in [4.78, 5) is 15.6. The second kappa shape index (κ2) is 8.12. The molecule has 2 aromatic rings. The summed E-state index contributed by atoms with van der Waals surface area (Å²) in [6.07, 6.45) is -3.95. The number of hydrogen-bond donors (Lipinski definition) is 3. The van der Waals surface area contributed by atoms with Gasteiger partial charge in [0.15, 0.2) is 0 Å². The van der Waals surface area contributed by atoms with Crippen LogP contribution in [0.25, 0.3) is 0 Å². The molecular formula is C17H16ClF3N4O2. The molecule has 1 saturated heterocycles. The highest BCUT2D eigenvalue weighted by molar-refractivity contribution is 6.33. The first-order chi connectivity index (χ1) is 12.8. The van der Waals surface area contributed by atoms with E-state index in [4.69, 9.17) is 16.3 Å². The van der Waals surface area contributed by atoms with Crippen LogP contribution in [0.2, 0.25) is 5.02 Å². The lowest BCUT2D eigenvalue weighted by Gasteiger charge is -2.24. The van der Waals surface area contributed by atoms with E-state index in [9.17, 15) is 18.0 Å². The molecule has 10 heteroatoms. The number of hydrogen-bond acceptors (Lipinski definition) is 4. The molecule has 0 aliphatic carbocycles. The molecule has 6 nitrogen and oxygen atoms in total. The highest BCUT2D eigenvalue weighted by atomic mass is 35.5. The Labute approximate surface area is 158 Å². The number of aromatic nitrogens is 1. The smallest absolute Gasteiger partial charge is 0.371 e. The van der Waals surface area contributed by atoms with Gasteiger partial charge in [0.1, 0.15) is 5.82 Å². The third-order valence-corrected chi connectivity index (χ3v) is 4.19. The number of anilines is 2. The van der Waals surface area contributed by atoms with Gasteiger partial charge in [-0.25, -0.2) is 9.78 Å². The second-order valence-corrected chi connectivity index (χ2v) is 6.22. The van der Waals surface area contributed by atoms with Gasteiger partial charge in [-0.2, -0.15) is 13.2 Å².